The van der Waals surface area contributed by atoms with Gasteiger partial charge in [-0.1, -0.05) is 345 Å². The van der Waals surface area contributed by atoms with E-state index in [1.54, 1.807) is 6.08 Å². The van der Waals surface area contributed by atoms with Crippen molar-refractivity contribution >= 4 is 5.91 Å². The minimum Gasteiger partial charge on any atom is -0.394 e. The lowest BCUT2D eigenvalue weighted by atomic mass is 9.96. The highest BCUT2D eigenvalue weighted by molar-refractivity contribution is 5.76. The number of aliphatic hydroxyl groups is 11. The van der Waals surface area contributed by atoms with Crippen molar-refractivity contribution in [2.75, 3.05) is 26.4 Å². The summed E-state index contributed by atoms with van der Waals surface area (Å²) in [5.41, 5.74) is 0. The summed E-state index contributed by atoms with van der Waals surface area (Å²) in [5.74, 6) is -0.283. The predicted molar refractivity (Wildman–Crippen MR) is 429 cm³/mol. The molecule has 628 valence electrons. The lowest BCUT2D eigenvalue weighted by Gasteiger charge is -2.48. The molecule has 0 bridgehead atoms. The van der Waals surface area contributed by atoms with Gasteiger partial charge in [-0.05, 0) is 70.6 Å². The first-order valence-electron chi connectivity index (χ1n) is 44.4. The molecule has 3 saturated heterocycles. The quantitative estimate of drug-likeness (QED) is 0.0199. The number of amides is 1. The van der Waals surface area contributed by atoms with Crippen LogP contribution in [0.2, 0.25) is 0 Å². The third-order valence-electron chi connectivity index (χ3n) is 22.1. The molecule has 3 heterocycles. The van der Waals surface area contributed by atoms with Crippen LogP contribution in [0.4, 0.5) is 0 Å². The Balaban J connectivity index is 1.35. The number of hydrogen-bond donors (Lipinski definition) is 12. The van der Waals surface area contributed by atoms with Crippen LogP contribution < -0.4 is 5.32 Å². The Morgan fingerprint density at radius 3 is 0.935 bits per heavy atom. The summed E-state index contributed by atoms with van der Waals surface area (Å²) in [4.78, 5) is 13.5. The van der Waals surface area contributed by atoms with Gasteiger partial charge in [-0.25, -0.2) is 0 Å². The van der Waals surface area contributed by atoms with Crippen molar-refractivity contribution in [2.24, 2.45) is 0 Å². The predicted octanol–water partition coefficient (Wildman–Crippen LogP) is 16.4. The van der Waals surface area contributed by atoms with Crippen LogP contribution in [-0.2, 0) is 33.2 Å². The molecule has 3 fully saturated rings. The molecule has 12 N–H and O–H groups in total. The highest BCUT2D eigenvalue weighted by Gasteiger charge is 2.54. The fourth-order valence-electron chi connectivity index (χ4n) is 15.0. The molecule has 0 aromatic rings. The van der Waals surface area contributed by atoms with E-state index in [9.17, 15) is 61.0 Å². The lowest BCUT2D eigenvalue weighted by Crippen LogP contribution is -2.66. The molecule has 0 spiro atoms. The van der Waals surface area contributed by atoms with E-state index in [4.69, 9.17) is 28.4 Å². The largest absolute Gasteiger partial charge is 0.394 e. The Bertz CT molecular complexity index is 2120. The molecular formula is C88H163NO18. The minimum absolute atomic E-state index is 0.235. The van der Waals surface area contributed by atoms with E-state index >= 15 is 0 Å². The average Bonchev–Trinajstić information content (AvgIpc) is 0.782. The van der Waals surface area contributed by atoms with Crippen molar-refractivity contribution in [2.45, 2.75) is 478 Å². The fourth-order valence-corrected chi connectivity index (χ4v) is 15.0. The molecule has 19 nitrogen and oxygen atoms in total. The fraction of sp³-hybridized carbons (Fsp3) is 0.898. The van der Waals surface area contributed by atoms with Crippen LogP contribution in [0.25, 0.3) is 0 Å². The first kappa shape index (κ1) is 98.9. The molecule has 3 aliphatic heterocycles. The molecule has 0 saturated carbocycles. The number of ether oxygens (including phenoxy) is 6. The molecule has 0 aromatic carbocycles. The Morgan fingerprint density at radius 1 is 0.327 bits per heavy atom. The van der Waals surface area contributed by atoms with Gasteiger partial charge in [0, 0.05) is 6.42 Å². The maximum absolute atomic E-state index is 13.5. The van der Waals surface area contributed by atoms with E-state index in [1.165, 1.54) is 295 Å². The Hall–Kier alpha value is -2.25. The van der Waals surface area contributed by atoms with Crippen molar-refractivity contribution in [1.29, 1.82) is 0 Å². The zero-order valence-electron chi connectivity index (χ0n) is 67.6. The van der Waals surface area contributed by atoms with Gasteiger partial charge in [-0.3, -0.25) is 4.79 Å². The van der Waals surface area contributed by atoms with Crippen LogP contribution in [0.1, 0.15) is 373 Å². The summed E-state index contributed by atoms with van der Waals surface area (Å²) in [6.07, 6.45) is 61.3. The van der Waals surface area contributed by atoms with Gasteiger partial charge in [-0.2, -0.15) is 0 Å². The van der Waals surface area contributed by atoms with Crippen molar-refractivity contribution in [3.63, 3.8) is 0 Å². The van der Waals surface area contributed by atoms with Crippen LogP contribution in [0.3, 0.4) is 0 Å². The number of rotatable bonds is 72. The molecule has 3 aliphatic rings. The summed E-state index contributed by atoms with van der Waals surface area (Å²) in [6.45, 7) is 1.77. The van der Waals surface area contributed by atoms with E-state index in [0.29, 0.717) is 12.8 Å². The molecule has 3 rings (SSSR count). The second-order valence-corrected chi connectivity index (χ2v) is 31.7. The third-order valence-corrected chi connectivity index (χ3v) is 22.1. The molecule has 0 radical (unpaired) electrons. The highest BCUT2D eigenvalue weighted by atomic mass is 16.8. The first-order chi connectivity index (χ1) is 52.3. The molecule has 107 heavy (non-hydrogen) atoms. The summed E-state index contributed by atoms with van der Waals surface area (Å²) in [6, 6.07) is -0.998. The number of nitrogens with one attached hydrogen (secondary N) is 1. The lowest BCUT2D eigenvalue weighted by molar-refractivity contribution is -0.379. The molecular weight excluding hydrogens is 1360 g/mol. The third kappa shape index (κ3) is 47.3. The second kappa shape index (κ2) is 68.2. The Morgan fingerprint density at radius 2 is 0.598 bits per heavy atom. The standard InChI is InChI=1S/C88H163NO18/c1-3-5-7-9-11-13-15-17-19-21-23-25-27-29-31-33-34-35-36-38-40-42-44-46-48-50-52-54-56-58-60-62-64-66-76(94)89-71(72(93)65-63-61-59-57-55-53-51-49-47-45-43-41-39-37-32-30-28-26-24-22-20-18-16-14-12-10-8-6-4-2)70-102-86-82(100)79(97)84(74(68-91)104-86)107-88-83(101)80(98)85(75(69-92)105-88)106-87-81(99)78(96)77(95)73(67-90)103-87/h21,23,47,49,55,57,63,65,71-75,77-88,90-93,95-101H,3-20,22,24-46,48,50-54,56,58-62,64,66-70H2,1-2H3,(H,89,94)/b23-21-,49-47+,57-55+,65-63+. The van der Waals surface area contributed by atoms with E-state index in [0.717, 1.165) is 44.9 Å². The summed E-state index contributed by atoms with van der Waals surface area (Å²) >= 11 is 0. The molecule has 0 aliphatic carbocycles. The zero-order valence-corrected chi connectivity index (χ0v) is 67.6. The van der Waals surface area contributed by atoms with Crippen molar-refractivity contribution in [3.05, 3.63) is 48.6 Å². The van der Waals surface area contributed by atoms with Gasteiger partial charge < -0.3 is 89.9 Å². The van der Waals surface area contributed by atoms with Gasteiger partial charge in [-0.15, -0.1) is 0 Å². The van der Waals surface area contributed by atoms with Crippen LogP contribution in [-0.4, -0.2) is 193 Å². The van der Waals surface area contributed by atoms with E-state index in [2.05, 4.69) is 55.6 Å². The summed E-state index contributed by atoms with van der Waals surface area (Å²) in [5, 5.41) is 121. The molecule has 17 atom stereocenters. The van der Waals surface area contributed by atoms with Gasteiger partial charge in [0.25, 0.3) is 0 Å². The average molecular weight is 1520 g/mol. The van der Waals surface area contributed by atoms with Crippen LogP contribution in [0, 0.1) is 0 Å². The van der Waals surface area contributed by atoms with Gasteiger partial charge >= 0.3 is 0 Å². The van der Waals surface area contributed by atoms with Crippen LogP contribution in [0.5, 0.6) is 0 Å². The second-order valence-electron chi connectivity index (χ2n) is 31.7. The van der Waals surface area contributed by atoms with E-state index in [-0.39, 0.29) is 18.9 Å². The van der Waals surface area contributed by atoms with Gasteiger partial charge in [0.05, 0.1) is 38.6 Å². The summed E-state index contributed by atoms with van der Waals surface area (Å²) < 4.78 is 34.5. The number of hydrogen-bond acceptors (Lipinski definition) is 18. The number of carbonyl (C=O) groups excluding carboxylic acids is 1. The Kier molecular flexibility index (Phi) is 63.0. The smallest absolute Gasteiger partial charge is 0.220 e. The van der Waals surface area contributed by atoms with E-state index in [1.807, 2.05) is 6.08 Å². The van der Waals surface area contributed by atoms with Crippen molar-refractivity contribution in [3.8, 4) is 0 Å². The first-order valence-corrected chi connectivity index (χ1v) is 44.4. The monoisotopic (exact) mass is 1520 g/mol. The Labute approximate surface area is 650 Å². The zero-order chi connectivity index (χ0) is 77.4. The van der Waals surface area contributed by atoms with Crippen molar-refractivity contribution < 1.29 is 89.4 Å². The van der Waals surface area contributed by atoms with Gasteiger partial charge in [0.1, 0.15) is 73.2 Å². The van der Waals surface area contributed by atoms with E-state index < -0.39 is 124 Å². The van der Waals surface area contributed by atoms with Crippen LogP contribution in [0.15, 0.2) is 48.6 Å². The maximum atomic E-state index is 13.5. The molecule has 1 amide bonds. The van der Waals surface area contributed by atoms with Gasteiger partial charge in [0.2, 0.25) is 5.91 Å². The number of unbranched alkanes of at least 4 members (excludes halogenated alkanes) is 50. The minimum atomic E-state index is -1.98. The number of carbonyl (C=O) groups is 1. The molecule has 0 aromatic heterocycles. The normalized spacial score (nSPS) is 25.7. The molecule has 17 unspecified atom stereocenters. The van der Waals surface area contributed by atoms with Gasteiger partial charge in [0.15, 0.2) is 18.9 Å². The number of allylic oxidation sites excluding steroid dienone is 7. The maximum Gasteiger partial charge on any atom is 0.220 e. The summed E-state index contributed by atoms with van der Waals surface area (Å²) in [7, 11) is 0. The number of aliphatic hydroxyl groups excluding tert-OH is 11. The molecule has 19 heteroatoms. The SMILES string of the molecule is CCCCCCCCCC/C=C\CCCCCCCCCCCCCCCCCCCCCCCC(=O)NC(COC1OC(CO)C(OC2OC(CO)C(OC3OC(CO)C(O)C(O)C3O)C(O)C2O)C(O)C1O)C(O)/C=C/CC/C=C/CC/C=C/CCCCCCCCCCCCCCCCCCCCC. The topological polar surface area (TPSA) is 307 Å². The van der Waals surface area contributed by atoms with Crippen LogP contribution >= 0.6 is 0 Å². The highest BCUT2D eigenvalue weighted by Crippen LogP contribution is 2.33. The van der Waals surface area contributed by atoms with Crippen molar-refractivity contribution in [1.82, 2.24) is 5.32 Å².